The van der Waals surface area contributed by atoms with Crippen LogP contribution in [-0.2, 0) is 16.0 Å². The molecule has 8 heteroatoms. The number of ether oxygens (including phenoxy) is 1. The molecule has 138 valence electrons. The van der Waals surface area contributed by atoms with Crippen LogP contribution < -0.4 is 5.32 Å². The van der Waals surface area contributed by atoms with Gasteiger partial charge in [-0.2, -0.15) is 0 Å². The number of aromatic nitrogens is 1. The zero-order chi connectivity index (χ0) is 18.8. The highest BCUT2D eigenvalue weighted by atomic mass is 35.5. The number of anilines is 1. The largest absolute Gasteiger partial charge is 0.465 e. The molecular weight excluding hydrogens is 358 g/mol. The minimum atomic E-state index is -0.481. The second kappa shape index (κ2) is 10.4. The van der Waals surface area contributed by atoms with Gasteiger partial charge in [0.25, 0.3) is 5.69 Å². The van der Waals surface area contributed by atoms with E-state index in [1.807, 2.05) is 12.1 Å². The molecule has 0 amide bonds. The molecule has 0 aliphatic heterocycles. The number of rotatable bonds is 10. The smallest absolute Gasteiger partial charge is 0.310 e. The van der Waals surface area contributed by atoms with E-state index in [1.165, 1.54) is 12.3 Å². The summed E-state index contributed by atoms with van der Waals surface area (Å²) in [6, 6.07) is 10.1. The van der Waals surface area contributed by atoms with E-state index in [1.54, 1.807) is 18.2 Å². The van der Waals surface area contributed by atoms with E-state index in [-0.39, 0.29) is 18.1 Å². The van der Waals surface area contributed by atoms with Crippen LogP contribution in [0.3, 0.4) is 0 Å². The van der Waals surface area contributed by atoms with Gasteiger partial charge in [-0.3, -0.25) is 14.9 Å². The van der Waals surface area contributed by atoms with Crippen molar-refractivity contribution in [3.8, 4) is 0 Å². The van der Waals surface area contributed by atoms with Crippen LogP contribution in [0.25, 0.3) is 0 Å². The molecule has 0 unspecified atom stereocenters. The number of esters is 1. The first-order valence-electron chi connectivity index (χ1n) is 8.29. The van der Waals surface area contributed by atoms with E-state index in [0.29, 0.717) is 24.0 Å². The van der Waals surface area contributed by atoms with Gasteiger partial charge in [0.05, 0.1) is 18.0 Å². The highest BCUT2D eigenvalue weighted by Gasteiger charge is 2.06. The van der Waals surface area contributed by atoms with E-state index >= 15 is 0 Å². The lowest BCUT2D eigenvalue weighted by Crippen LogP contribution is -2.09. The molecule has 0 atom stereocenters. The van der Waals surface area contributed by atoms with E-state index in [0.717, 1.165) is 24.8 Å². The van der Waals surface area contributed by atoms with Crippen LogP contribution in [0.4, 0.5) is 11.5 Å². The molecule has 7 nitrogen and oxygen atoms in total. The fraction of sp³-hybridized carbons (Fsp3) is 0.333. The second-order valence-corrected chi connectivity index (χ2v) is 6.11. The molecule has 0 spiro atoms. The normalized spacial score (nSPS) is 10.3. The summed E-state index contributed by atoms with van der Waals surface area (Å²) >= 11 is 5.80. The van der Waals surface area contributed by atoms with E-state index in [9.17, 15) is 14.9 Å². The van der Waals surface area contributed by atoms with Gasteiger partial charge in [-0.15, -0.1) is 0 Å². The van der Waals surface area contributed by atoms with Gasteiger partial charge < -0.3 is 10.1 Å². The Morgan fingerprint density at radius 2 is 1.92 bits per heavy atom. The molecule has 2 rings (SSSR count). The van der Waals surface area contributed by atoms with Crippen molar-refractivity contribution < 1.29 is 14.5 Å². The lowest BCUT2D eigenvalue weighted by molar-refractivity contribution is -0.385. The number of carbonyl (C=O) groups is 1. The molecule has 1 aromatic carbocycles. The van der Waals surface area contributed by atoms with E-state index in [2.05, 4.69) is 10.3 Å². The number of halogens is 1. The van der Waals surface area contributed by atoms with Crippen LogP contribution in [0.15, 0.2) is 42.6 Å². The molecule has 26 heavy (non-hydrogen) atoms. The molecule has 0 saturated heterocycles. The maximum atomic E-state index is 11.7. The standard InChI is InChI=1S/C18H20ClN3O4/c19-15-6-4-14(5-7-15)12-18(23)26-11-3-1-2-10-20-17-9-8-16(13-21-17)22(24)25/h4-9,13H,1-3,10-12H2,(H,20,21). The van der Waals surface area contributed by atoms with Crippen LogP contribution in [0.2, 0.25) is 5.02 Å². The first kappa shape index (κ1) is 19.7. The quantitative estimate of drug-likeness (QED) is 0.291. The first-order chi connectivity index (χ1) is 12.5. The van der Waals surface area contributed by atoms with E-state index < -0.39 is 4.92 Å². The second-order valence-electron chi connectivity index (χ2n) is 5.67. The summed E-state index contributed by atoms with van der Waals surface area (Å²) in [4.78, 5) is 25.8. The molecule has 1 N–H and O–H groups in total. The summed E-state index contributed by atoms with van der Waals surface area (Å²) in [6.07, 6.45) is 4.02. The van der Waals surface area contributed by atoms with Gasteiger partial charge in [-0.05, 0) is 43.0 Å². The number of nitrogens with zero attached hydrogens (tertiary/aromatic N) is 2. The molecule has 0 aliphatic rings. The van der Waals surface area contributed by atoms with Crippen molar-refractivity contribution in [1.29, 1.82) is 0 Å². The van der Waals surface area contributed by atoms with Gasteiger partial charge in [0.2, 0.25) is 0 Å². The Kier molecular flexibility index (Phi) is 7.82. The fourth-order valence-corrected chi connectivity index (χ4v) is 2.35. The fourth-order valence-electron chi connectivity index (χ4n) is 2.22. The summed E-state index contributed by atoms with van der Waals surface area (Å²) in [5, 5.41) is 14.3. The molecule has 0 aliphatic carbocycles. The SMILES string of the molecule is O=C(Cc1ccc(Cl)cc1)OCCCCCNc1ccc([N+](=O)[O-])cn1. The number of unbranched alkanes of at least 4 members (excludes halogenated alkanes) is 2. The predicted molar refractivity (Wildman–Crippen MR) is 99.3 cm³/mol. The lowest BCUT2D eigenvalue weighted by Gasteiger charge is -2.06. The minimum Gasteiger partial charge on any atom is -0.465 e. The van der Waals surface area contributed by atoms with Gasteiger partial charge >= 0.3 is 5.97 Å². The Hall–Kier alpha value is -2.67. The van der Waals surface area contributed by atoms with Crippen molar-refractivity contribution in [2.24, 2.45) is 0 Å². The lowest BCUT2D eigenvalue weighted by atomic mass is 10.1. The Morgan fingerprint density at radius 3 is 2.58 bits per heavy atom. The Labute approximate surface area is 156 Å². The van der Waals surface area contributed by atoms with Gasteiger partial charge in [-0.1, -0.05) is 23.7 Å². The minimum absolute atomic E-state index is 0.0315. The summed E-state index contributed by atoms with van der Waals surface area (Å²) in [7, 11) is 0. The number of nitro groups is 1. The third-order valence-corrected chi connectivity index (χ3v) is 3.86. The van der Waals surface area contributed by atoms with Crippen molar-refractivity contribution in [1.82, 2.24) is 4.98 Å². The number of hydrogen-bond donors (Lipinski definition) is 1. The highest BCUT2D eigenvalue weighted by molar-refractivity contribution is 6.30. The van der Waals surface area contributed by atoms with Crippen molar-refractivity contribution >= 4 is 29.1 Å². The molecule has 0 radical (unpaired) electrons. The molecule has 0 bridgehead atoms. The summed E-state index contributed by atoms with van der Waals surface area (Å²) in [5.41, 5.74) is 0.843. The molecular formula is C18H20ClN3O4. The average molecular weight is 378 g/mol. The number of carbonyl (C=O) groups excluding carboxylic acids is 1. The maximum absolute atomic E-state index is 11.7. The van der Waals surface area contributed by atoms with Crippen LogP contribution in [0.1, 0.15) is 24.8 Å². The van der Waals surface area contributed by atoms with Gasteiger partial charge in [0.15, 0.2) is 0 Å². The Morgan fingerprint density at radius 1 is 1.15 bits per heavy atom. The predicted octanol–water partition coefficient (Wildman–Crippen LogP) is 4.01. The van der Waals surface area contributed by atoms with Crippen molar-refractivity contribution in [2.45, 2.75) is 25.7 Å². The molecule has 0 fully saturated rings. The van der Waals surface area contributed by atoms with Crippen molar-refractivity contribution in [3.05, 3.63) is 63.3 Å². The van der Waals surface area contributed by atoms with E-state index in [4.69, 9.17) is 16.3 Å². The van der Waals surface area contributed by atoms with Gasteiger partial charge in [-0.25, -0.2) is 4.98 Å². The summed E-state index contributed by atoms with van der Waals surface area (Å²) in [5.74, 6) is 0.352. The van der Waals surface area contributed by atoms with Crippen molar-refractivity contribution in [3.63, 3.8) is 0 Å². The van der Waals surface area contributed by atoms with Crippen molar-refractivity contribution in [2.75, 3.05) is 18.5 Å². The molecule has 2 aromatic rings. The van der Waals surface area contributed by atoms with Crippen LogP contribution >= 0.6 is 11.6 Å². The third-order valence-electron chi connectivity index (χ3n) is 3.61. The monoisotopic (exact) mass is 377 g/mol. The molecule has 0 saturated carbocycles. The Balaban J connectivity index is 1.53. The number of nitrogens with one attached hydrogen (secondary N) is 1. The van der Waals surface area contributed by atoms with Crippen LogP contribution in [0, 0.1) is 10.1 Å². The zero-order valence-electron chi connectivity index (χ0n) is 14.2. The highest BCUT2D eigenvalue weighted by Crippen LogP contribution is 2.12. The Bertz CT molecular complexity index is 720. The number of pyridine rings is 1. The summed E-state index contributed by atoms with van der Waals surface area (Å²) in [6.45, 7) is 1.09. The van der Waals surface area contributed by atoms with Crippen LogP contribution in [-0.4, -0.2) is 29.0 Å². The van der Waals surface area contributed by atoms with Gasteiger partial charge in [0.1, 0.15) is 12.0 Å². The molecule has 1 heterocycles. The summed E-state index contributed by atoms with van der Waals surface area (Å²) < 4.78 is 5.21. The third kappa shape index (κ3) is 7.06. The first-order valence-corrected chi connectivity index (χ1v) is 8.67. The zero-order valence-corrected chi connectivity index (χ0v) is 14.9. The average Bonchev–Trinajstić information content (AvgIpc) is 2.63. The van der Waals surface area contributed by atoms with Crippen LogP contribution in [0.5, 0.6) is 0 Å². The topological polar surface area (TPSA) is 94.4 Å². The molecule has 1 aromatic heterocycles. The number of benzene rings is 1. The number of hydrogen-bond acceptors (Lipinski definition) is 6. The van der Waals surface area contributed by atoms with Gasteiger partial charge in [0, 0.05) is 17.6 Å². The maximum Gasteiger partial charge on any atom is 0.310 e.